The number of carbonyl (C=O) groups is 3. The maximum absolute atomic E-state index is 12.4. The molecular weight excluding hydrogens is 346 g/mol. The summed E-state index contributed by atoms with van der Waals surface area (Å²) < 4.78 is 7.25. The normalized spacial score (nSPS) is 31.6. The van der Waals surface area contributed by atoms with E-state index in [0.717, 1.165) is 16.7 Å². The highest BCUT2D eigenvalue weighted by atomic mass is 32.2. The Hall–Kier alpha value is -2.26. The number of nitrogens with one attached hydrogen (secondary N) is 1. The van der Waals surface area contributed by atoms with Gasteiger partial charge in [-0.05, 0) is 31.5 Å². The highest BCUT2D eigenvalue weighted by Gasteiger charge is 2.64. The predicted octanol–water partition coefficient (Wildman–Crippen LogP) is 0.0237. The van der Waals surface area contributed by atoms with Crippen LogP contribution in [0, 0.1) is 0 Å². The Labute approximate surface area is 149 Å². The molecule has 3 rings (SSSR count). The third kappa shape index (κ3) is 2.83. The van der Waals surface area contributed by atoms with Gasteiger partial charge < -0.3 is 26.2 Å². The summed E-state index contributed by atoms with van der Waals surface area (Å²) in [5.41, 5.74) is 6.36. The summed E-state index contributed by atoms with van der Waals surface area (Å²) in [6, 6.07) is 1.73. The molecule has 1 aromatic rings. The molecule has 8 nitrogen and oxygen atoms in total. The molecule has 1 unspecified atom stereocenters. The summed E-state index contributed by atoms with van der Waals surface area (Å²) in [6.07, 6.45) is 0. The number of hydrogen-bond acceptors (Lipinski definition) is 6. The van der Waals surface area contributed by atoms with E-state index >= 15 is 0 Å². The van der Waals surface area contributed by atoms with Gasteiger partial charge in [-0.25, -0.2) is 4.79 Å². The molecule has 2 amide bonds. The molecule has 0 aromatic heterocycles. The molecule has 4 atom stereocenters. The smallest absolute Gasteiger partial charge is 0.327 e. The summed E-state index contributed by atoms with van der Waals surface area (Å²) in [6.45, 7) is 3.18. The number of carbonyl (C=O) groups excluding carboxylic acids is 2. The summed E-state index contributed by atoms with van der Waals surface area (Å²) in [7, 11) is 0. The van der Waals surface area contributed by atoms with Gasteiger partial charge in [0, 0.05) is 4.75 Å². The molecule has 9 heteroatoms. The Morgan fingerprint density at radius 3 is 2.56 bits per heavy atom. The van der Waals surface area contributed by atoms with Crippen molar-refractivity contribution >= 4 is 29.5 Å². The zero-order valence-electron chi connectivity index (χ0n) is 14.6. The molecule has 2 aliphatic rings. The molecule has 2 heterocycles. The largest absolute Gasteiger partial charge is 0.508 e. The van der Waals surface area contributed by atoms with Crippen LogP contribution in [0.5, 0.6) is 5.75 Å². The quantitative estimate of drug-likeness (QED) is 0.552. The van der Waals surface area contributed by atoms with Crippen molar-refractivity contribution in [3.8, 4) is 5.75 Å². The molecule has 2 aliphatic heterocycles. The molecule has 0 aliphatic carbocycles. The van der Waals surface area contributed by atoms with Crippen molar-refractivity contribution in [2.45, 2.75) is 42.1 Å². The molecular formula is C16H19N3O5S. The molecule has 2 saturated heterocycles. The van der Waals surface area contributed by atoms with Crippen LogP contribution in [-0.2, 0) is 14.4 Å². The topological polar surface area (TPSA) is 133 Å². The predicted molar refractivity (Wildman–Crippen MR) is 90.7 cm³/mol. The third-order valence-corrected chi connectivity index (χ3v) is 5.81. The number of phenols is 1. The van der Waals surface area contributed by atoms with Crippen LogP contribution in [0.15, 0.2) is 24.3 Å². The standard InChI is InChI=1S/C16H19N3O5S/c1-16(2)11(15(23)24)19-13(22)10(14(19)25-16)18-12(21)9(17)7-3-5-8(20)6-4-7/h3-6,9-11,14,20H,17H2,1-2H3,(H,18,21)(H,23,24)/t9?,10-,11+,14-/m1/s1/i11D. The maximum atomic E-state index is 12.4. The molecule has 134 valence electrons. The number of fused-ring (bicyclic) bond motifs is 1. The van der Waals surface area contributed by atoms with Crippen LogP contribution in [0.3, 0.4) is 0 Å². The van der Waals surface area contributed by atoms with Gasteiger partial charge >= 0.3 is 5.97 Å². The van der Waals surface area contributed by atoms with E-state index in [1.54, 1.807) is 13.8 Å². The average Bonchev–Trinajstić information content (AvgIpc) is 2.77. The summed E-state index contributed by atoms with van der Waals surface area (Å²) in [5.74, 6) is -2.57. The molecule has 25 heavy (non-hydrogen) atoms. The van der Waals surface area contributed by atoms with Crippen LogP contribution in [0.1, 0.15) is 26.8 Å². The highest BCUT2D eigenvalue weighted by molar-refractivity contribution is 8.01. The van der Waals surface area contributed by atoms with Gasteiger partial charge in [0.05, 0.1) is 1.37 Å². The number of carboxylic acids is 1. The fraction of sp³-hybridized carbons (Fsp3) is 0.438. The number of nitrogens with zero attached hydrogens (tertiary/aromatic N) is 1. The monoisotopic (exact) mass is 366 g/mol. The maximum Gasteiger partial charge on any atom is 0.327 e. The van der Waals surface area contributed by atoms with Gasteiger partial charge in [0.25, 0.3) is 0 Å². The number of rotatable bonds is 4. The lowest BCUT2D eigenvalue weighted by atomic mass is 9.95. The SMILES string of the molecule is [2H][C@@]1(C(=O)O)N2C(=O)[C@@H](NC(=O)C(N)c3ccc(O)cc3)[C@H]2SC1(C)C. The van der Waals surface area contributed by atoms with Crippen LogP contribution in [0.25, 0.3) is 0 Å². The van der Waals surface area contributed by atoms with E-state index in [2.05, 4.69) is 5.32 Å². The molecule has 0 bridgehead atoms. The third-order valence-electron chi connectivity index (χ3n) is 4.30. The van der Waals surface area contributed by atoms with Gasteiger partial charge in [-0.3, -0.25) is 9.59 Å². The van der Waals surface area contributed by atoms with E-state index < -0.39 is 46.0 Å². The van der Waals surface area contributed by atoms with Gasteiger partial charge in [-0.15, -0.1) is 11.8 Å². The number of nitrogens with two attached hydrogens (primary N) is 1. The van der Waals surface area contributed by atoms with E-state index in [1.165, 1.54) is 24.3 Å². The van der Waals surface area contributed by atoms with Crippen molar-refractivity contribution in [1.82, 2.24) is 10.2 Å². The fourth-order valence-corrected chi connectivity index (χ4v) is 4.58. The highest BCUT2D eigenvalue weighted by Crippen LogP contribution is 2.50. The number of phenolic OH excluding ortho intramolecular Hbond substituents is 1. The Kier molecular flexibility index (Phi) is 3.84. The molecule has 0 saturated carbocycles. The average molecular weight is 366 g/mol. The molecule has 5 N–H and O–H groups in total. The first kappa shape index (κ1) is 16.2. The second-order valence-electron chi connectivity index (χ2n) is 6.44. The summed E-state index contributed by atoms with van der Waals surface area (Å²) >= 11 is 1.16. The first-order chi connectivity index (χ1) is 12.0. The molecule has 0 radical (unpaired) electrons. The van der Waals surface area contributed by atoms with Gasteiger partial charge in [0.15, 0.2) is 0 Å². The first-order valence-corrected chi connectivity index (χ1v) is 8.48. The second-order valence-corrected chi connectivity index (χ2v) is 8.18. The lowest BCUT2D eigenvalue weighted by Gasteiger charge is -2.43. The number of hydrogen-bond donors (Lipinski definition) is 4. The second kappa shape index (κ2) is 5.92. The first-order valence-electron chi connectivity index (χ1n) is 8.10. The number of aliphatic carboxylic acids is 1. The number of amides is 2. The van der Waals surface area contributed by atoms with Crippen LogP contribution < -0.4 is 11.1 Å². The number of carboxylic acid groups (broad SMARTS) is 1. The van der Waals surface area contributed by atoms with Crippen molar-refractivity contribution in [2.24, 2.45) is 5.73 Å². The van der Waals surface area contributed by atoms with Crippen molar-refractivity contribution < 1.29 is 26.0 Å². The van der Waals surface area contributed by atoms with Crippen LogP contribution in [-0.4, -0.2) is 55.1 Å². The van der Waals surface area contributed by atoms with E-state index in [1.807, 2.05) is 0 Å². The Morgan fingerprint density at radius 1 is 1.40 bits per heavy atom. The van der Waals surface area contributed by atoms with Crippen molar-refractivity contribution in [3.63, 3.8) is 0 Å². The molecule has 0 spiro atoms. The zero-order chi connectivity index (χ0) is 19.4. The number of aromatic hydroxyl groups is 1. The van der Waals surface area contributed by atoms with Gasteiger partial charge in [-0.2, -0.15) is 0 Å². The number of benzene rings is 1. The lowest BCUT2D eigenvalue weighted by Crippen LogP contribution is -2.71. The van der Waals surface area contributed by atoms with Crippen molar-refractivity contribution in [2.75, 3.05) is 0 Å². The summed E-state index contributed by atoms with van der Waals surface area (Å²) in [4.78, 5) is 37.4. The van der Waals surface area contributed by atoms with Gasteiger partial charge in [-0.1, -0.05) is 12.1 Å². The zero-order valence-corrected chi connectivity index (χ0v) is 14.4. The Bertz CT molecular complexity index is 787. The fourth-order valence-electron chi connectivity index (χ4n) is 3.04. The minimum Gasteiger partial charge on any atom is -0.508 e. The van der Waals surface area contributed by atoms with Crippen LogP contribution in [0.2, 0.25) is 0 Å². The van der Waals surface area contributed by atoms with Crippen molar-refractivity contribution in [3.05, 3.63) is 29.8 Å². The Balaban J connectivity index is 1.75. The van der Waals surface area contributed by atoms with E-state index in [-0.39, 0.29) is 5.75 Å². The molecule has 2 fully saturated rings. The van der Waals surface area contributed by atoms with Gasteiger partial charge in [0.2, 0.25) is 11.8 Å². The minimum atomic E-state index is -2.10. The van der Waals surface area contributed by atoms with Crippen LogP contribution >= 0.6 is 11.8 Å². The van der Waals surface area contributed by atoms with E-state index in [9.17, 15) is 24.6 Å². The minimum absolute atomic E-state index is 0.0382. The number of thioether (sulfide) groups is 1. The van der Waals surface area contributed by atoms with E-state index in [0.29, 0.717) is 5.56 Å². The number of β-lactam (4-membered cyclic amide) rings is 1. The lowest BCUT2D eigenvalue weighted by molar-refractivity contribution is -0.161. The Morgan fingerprint density at radius 2 is 2.00 bits per heavy atom. The van der Waals surface area contributed by atoms with E-state index in [4.69, 9.17) is 7.10 Å². The summed E-state index contributed by atoms with van der Waals surface area (Å²) in [5, 5.41) is 20.7. The van der Waals surface area contributed by atoms with Crippen LogP contribution in [0.4, 0.5) is 0 Å². The van der Waals surface area contributed by atoms with Crippen molar-refractivity contribution in [1.29, 1.82) is 0 Å². The van der Waals surface area contributed by atoms with Gasteiger partial charge in [0.1, 0.15) is 29.2 Å². The molecule has 1 aromatic carbocycles.